The smallest absolute Gasteiger partial charge is 0.271 e. The number of nitrogens with zero attached hydrogens (tertiary/aromatic N) is 1. The highest BCUT2D eigenvalue weighted by Gasteiger charge is 2.18. The zero-order valence-electron chi connectivity index (χ0n) is 14.9. The second kappa shape index (κ2) is 9.88. The maximum Gasteiger partial charge on any atom is 0.271 e. The summed E-state index contributed by atoms with van der Waals surface area (Å²) in [5.74, 6) is 0.0142. The van der Waals surface area contributed by atoms with Crippen LogP contribution in [0.2, 0.25) is 0 Å². The van der Waals surface area contributed by atoms with E-state index < -0.39 is 4.92 Å². The first-order valence-electron chi connectivity index (χ1n) is 8.89. The average molecular weight is 386 g/mol. The van der Waals surface area contributed by atoms with E-state index in [1.165, 1.54) is 23.6 Å². The number of benzene rings is 2. The zero-order chi connectivity index (χ0) is 18.7. The highest BCUT2D eigenvalue weighted by atomic mass is 16.6. The molecule has 0 aliphatic heterocycles. The molecule has 0 atom stereocenters. The minimum absolute atomic E-state index is 0. The van der Waals surface area contributed by atoms with Crippen molar-refractivity contribution >= 4 is 23.0 Å². The van der Waals surface area contributed by atoms with E-state index in [1.54, 1.807) is 13.0 Å². The summed E-state index contributed by atoms with van der Waals surface area (Å²) >= 11 is 0. The maximum absolute atomic E-state index is 10.9. The Labute approximate surface area is 167 Å². The Morgan fingerprint density at radius 1 is 1.04 bits per heavy atom. The summed E-state index contributed by atoms with van der Waals surface area (Å²) in [7, 11) is 0. The number of rotatable bonds is 2. The molecule has 0 unspecified atom stereocenters. The monoisotopic (exact) mass is 385 g/mol. The van der Waals surface area contributed by atoms with Gasteiger partial charge in [0, 0.05) is 30.4 Å². The second-order valence-corrected chi connectivity index (χ2v) is 6.76. The number of amides is 1. The Balaban J connectivity index is 0.000000261. The number of non-ortho nitro benzene ring substituents is 1. The summed E-state index contributed by atoms with van der Waals surface area (Å²) in [6.07, 6.45) is 6.40. The van der Waals surface area contributed by atoms with Crippen LogP contribution in [-0.4, -0.2) is 10.8 Å². The molecule has 6 heteroatoms. The topological polar surface area (TPSA) is 98.3 Å². The van der Waals surface area contributed by atoms with Crippen molar-refractivity contribution in [1.82, 2.24) is 0 Å². The molecule has 152 valence electrons. The minimum Gasteiger partial charge on any atom is -0.398 e. The molecule has 0 aromatic heterocycles. The van der Waals surface area contributed by atoms with Crippen molar-refractivity contribution in [2.24, 2.45) is 0 Å². The number of anilines is 2. The fourth-order valence-corrected chi connectivity index (χ4v) is 3.75. The van der Waals surface area contributed by atoms with Gasteiger partial charge in [0.05, 0.1) is 4.92 Å². The molecule has 1 amide bonds. The molecule has 0 fully saturated rings. The molecule has 2 aliphatic carbocycles. The fraction of sp³-hybridized carbons (Fsp3) is 0.409. The lowest BCUT2D eigenvalue weighted by atomic mass is 10.1. The third-order valence-corrected chi connectivity index (χ3v) is 4.90. The number of nitro groups is 1. The normalized spacial score (nSPS) is 13.0. The molecular formula is C22H31N3O3. The van der Waals surface area contributed by atoms with Gasteiger partial charge in [0.1, 0.15) is 0 Å². The summed E-state index contributed by atoms with van der Waals surface area (Å²) in [5.41, 5.74) is 12.3. The highest BCUT2D eigenvalue weighted by molar-refractivity contribution is 5.89. The number of nitrogens with one attached hydrogen (secondary N) is 1. The van der Waals surface area contributed by atoms with E-state index >= 15 is 0 Å². The van der Waals surface area contributed by atoms with Crippen LogP contribution in [0.3, 0.4) is 0 Å². The van der Waals surface area contributed by atoms with Gasteiger partial charge in [-0.25, -0.2) is 0 Å². The Bertz CT molecular complexity index is 862. The predicted molar refractivity (Wildman–Crippen MR) is 116 cm³/mol. The Kier molecular flexibility index (Phi) is 8.16. The molecule has 28 heavy (non-hydrogen) atoms. The number of carbonyl (C=O) groups excluding carboxylic acids is 1. The summed E-state index contributed by atoms with van der Waals surface area (Å²) in [6, 6.07) is 9.22. The van der Waals surface area contributed by atoms with Crippen molar-refractivity contribution in [3.05, 3.63) is 62.7 Å². The lowest BCUT2D eigenvalue weighted by molar-refractivity contribution is -0.384. The maximum atomic E-state index is 10.9. The second-order valence-electron chi connectivity index (χ2n) is 6.76. The molecule has 0 radical (unpaired) electrons. The molecule has 0 bridgehead atoms. The van der Waals surface area contributed by atoms with E-state index in [4.69, 9.17) is 5.73 Å². The predicted octanol–water partition coefficient (Wildman–Crippen LogP) is 5.07. The van der Waals surface area contributed by atoms with Crippen LogP contribution in [0, 0.1) is 10.1 Å². The molecule has 0 heterocycles. The van der Waals surface area contributed by atoms with E-state index in [9.17, 15) is 14.9 Å². The average Bonchev–Trinajstić information content (AvgIpc) is 3.24. The number of nitrogens with two attached hydrogens (primary N) is 1. The van der Waals surface area contributed by atoms with Gasteiger partial charge in [0.15, 0.2) is 0 Å². The van der Waals surface area contributed by atoms with Crippen molar-refractivity contribution in [2.45, 2.75) is 60.3 Å². The molecule has 6 nitrogen and oxygen atoms in total. The molecule has 2 aliphatic rings. The number of aryl methyl sites for hydroxylation is 2. The first kappa shape index (κ1) is 23.1. The van der Waals surface area contributed by atoms with Crippen molar-refractivity contribution in [2.75, 3.05) is 11.1 Å². The van der Waals surface area contributed by atoms with Gasteiger partial charge in [-0.15, -0.1) is 0 Å². The third kappa shape index (κ3) is 5.09. The molecule has 0 saturated carbocycles. The van der Waals surface area contributed by atoms with Crippen LogP contribution in [0.1, 0.15) is 56.9 Å². The van der Waals surface area contributed by atoms with Gasteiger partial charge in [-0.3, -0.25) is 14.9 Å². The van der Waals surface area contributed by atoms with Gasteiger partial charge in [-0.05, 0) is 66.8 Å². The van der Waals surface area contributed by atoms with Crippen LogP contribution in [0.25, 0.3) is 0 Å². The van der Waals surface area contributed by atoms with Gasteiger partial charge in [0.2, 0.25) is 5.91 Å². The van der Waals surface area contributed by atoms with E-state index in [1.807, 2.05) is 12.1 Å². The van der Waals surface area contributed by atoms with Gasteiger partial charge in [-0.2, -0.15) is 0 Å². The van der Waals surface area contributed by atoms with Gasteiger partial charge in [-0.1, -0.05) is 27.0 Å². The quantitative estimate of drug-likeness (QED) is 0.428. The Morgan fingerprint density at radius 2 is 1.68 bits per heavy atom. The largest absolute Gasteiger partial charge is 0.398 e. The van der Waals surface area contributed by atoms with E-state index in [-0.39, 0.29) is 26.4 Å². The lowest BCUT2D eigenvalue weighted by Gasteiger charge is -2.07. The van der Waals surface area contributed by atoms with Crippen LogP contribution < -0.4 is 11.1 Å². The number of hydrogen-bond acceptors (Lipinski definition) is 4. The molecule has 0 spiro atoms. The van der Waals surface area contributed by atoms with Crippen molar-refractivity contribution < 1.29 is 9.72 Å². The third-order valence-electron chi connectivity index (χ3n) is 4.90. The lowest BCUT2D eigenvalue weighted by Crippen LogP contribution is -2.07. The van der Waals surface area contributed by atoms with Crippen LogP contribution in [0.5, 0.6) is 0 Å². The summed E-state index contributed by atoms with van der Waals surface area (Å²) < 4.78 is 0. The molecule has 2 aromatic carbocycles. The number of nitrogen functional groups attached to an aromatic ring is 1. The van der Waals surface area contributed by atoms with Gasteiger partial charge in [0.25, 0.3) is 5.69 Å². The highest BCUT2D eigenvalue weighted by Crippen LogP contribution is 2.31. The first-order valence-corrected chi connectivity index (χ1v) is 8.89. The number of carbonyl (C=O) groups is 1. The molecule has 3 N–H and O–H groups in total. The Morgan fingerprint density at radius 3 is 2.32 bits per heavy atom. The number of nitro benzene ring substituents is 1. The number of fused-ring (bicyclic) bond motifs is 2. The fourth-order valence-electron chi connectivity index (χ4n) is 3.75. The van der Waals surface area contributed by atoms with Gasteiger partial charge >= 0.3 is 0 Å². The van der Waals surface area contributed by atoms with Crippen molar-refractivity contribution in [3.8, 4) is 0 Å². The SMILES string of the molecule is C.C.CC(=O)Nc1cccc2c1CCC2.Nc1cc([N+](=O)[O-])cc2c1CCC2. The van der Waals surface area contributed by atoms with Crippen LogP contribution >= 0.6 is 0 Å². The van der Waals surface area contributed by atoms with Crippen molar-refractivity contribution in [3.63, 3.8) is 0 Å². The zero-order valence-corrected chi connectivity index (χ0v) is 14.9. The molecule has 4 rings (SSSR count). The van der Waals surface area contributed by atoms with Crippen LogP contribution in [-0.2, 0) is 30.5 Å². The minimum atomic E-state index is -0.394. The standard InChI is InChI=1S/C11H13NO.C9H10N2O2.2CH4/c1-8(13)12-11-7-3-5-9-4-2-6-10(9)11;10-9-5-7(11(12)13)4-6-2-1-3-8(6)9;;/h3,5,7H,2,4,6H2,1H3,(H,12,13);4-5H,1-3,10H2;2*1H4. The molecule has 0 saturated heterocycles. The van der Waals surface area contributed by atoms with Crippen molar-refractivity contribution in [1.29, 1.82) is 0 Å². The Hall–Kier alpha value is -2.89. The van der Waals surface area contributed by atoms with Crippen LogP contribution in [0.4, 0.5) is 17.1 Å². The first-order chi connectivity index (χ1) is 12.5. The number of hydrogen-bond donors (Lipinski definition) is 2. The van der Waals surface area contributed by atoms with E-state index in [0.717, 1.165) is 48.9 Å². The van der Waals surface area contributed by atoms with Crippen LogP contribution in [0.15, 0.2) is 30.3 Å². The molecule has 2 aromatic rings. The molecular weight excluding hydrogens is 354 g/mol. The summed E-state index contributed by atoms with van der Waals surface area (Å²) in [4.78, 5) is 21.0. The van der Waals surface area contributed by atoms with E-state index in [0.29, 0.717) is 5.69 Å². The summed E-state index contributed by atoms with van der Waals surface area (Å²) in [6.45, 7) is 1.55. The van der Waals surface area contributed by atoms with Gasteiger partial charge < -0.3 is 11.1 Å². The summed E-state index contributed by atoms with van der Waals surface area (Å²) in [5, 5.41) is 13.4. The van der Waals surface area contributed by atoms with E-state index in [2.05, 4.69) is 11.4 Å².